The van der Waals surface area contributed by atoms with Crippen molar-refractivity contribution in [2.24, 2.45) is 4.99 Å². The Morgan fingerprint density at radius 3 is 2.80 bits per heavy atom. The molecule has 2 heterocycles. The van der Waals surface area contributed by atoms with Gasteiger partial charge in [-0.15, -0.1) is 0 Å². The Balaban J connectivity index is 1.82. The molecule has 2 N–H and O–H groups in total. The van der Waals surface area contributed by atoms with E-state index in [4.69, 9.17) is 11.6 Å². The highest BCUT2D eigenvalue weighted by atomic mass is 35.5. The smallest absolute Gasteiger partial charge is 0.280 e. The second-order valence-corrected chi connectivity index (χ2v) is 6.62. The van der Waals surface area contributed by atoms with Crippen molar-refractivity contribution in [1.29, 1.82) is 0 Å². The number of fused-ring (bicyclic) bond motifs is 1. The molecule has 8 heteroatoms. The number of rotatable bonds is 3. The molecule has 1 aliphatic heterocycles. The van der Waals surface area contributed by atoms with E-state index in [0.717, 1.165) is 11.3 Å². The molecule has 0 radical (unpaired) electrons. The Hall–Kier alpha value is -2.77. The number of hydrogen-bond donors (Lipinski definition) is 2. The van der Waals surface area contributed by atoms with Gasteiger partial charge in [0.2, 0.25) is 5.06 Å². The standard InChI is InChI=1S/C17H9ClFN3O2S/c18-10-3-1-2-4-12(10)21-17-22-14(16(24)25-17)13-9-7-8(19)5-6-11(9)20-15(13)23/h1-7,24H,(H,21,22). The summed E-state index contributed by atoms with van der Waals surface area (Å²) in [6, 6.07) is 10.9. The Kier molecular flexibility index (Phi) is 3.74. The molecule has 0 atom stereocenters. The molecule has 5 nitrogen and oxygen atoms in total. The molecule has 1 aromatic heterocycles. The van der Waals surface area contributed by atoms with Crippen molar-refractivity contribution in [1.82, 2.24) is 4.98 Å². The van der Waals surface area contributed by atoms with Crippen LogP contribution >= 0.6 is 22.9 Å². The van der Waals surface area contributed by atoms with E-state index >= 15 is 0 Å². The second-order valence-electron chi connectivity index (χ2n) is 5.23. The predicted octanol–water partition coefficient (Wildman–Crippen LogP) is 2.74. The van der Waals surface area contributed by atoms with E-state index in [0.29, 0.717) is 26.4 Å². The van der Waals surface area contributed by atoms with Crippen LogP contribution < -0.4 is 15.9 Å². The van der Waals surface area contributed by atoms with Gasteiger partial charge in [0.05, 0.1) is 21.6 Å². The number of aromatic hydroxyl groups is 1. The van der Waals surface area contributed by atoms with Gasteiger partial charge in [-0.05, 0) is 30.3 Å². The zero-order valence-electron chi connectivity index (χ0n) is 12.5. The molecular formula is C17H9ClFN3O2S. The third kappa shape index (κ3) is 2.77. The van der Waals surface area contributed by atoms with E-state index in [1.807, 2.05) is 0 Å². The number of para-hydroxylation sites is 1. The second kappa shape index (κ2) is 5.94. The first-order chi connectivity index (χ1) is 12.0. The molecule has 3 aromatic rings. The Morgan fingerprint density at radius 2 is 2.00 bits per heavy atom. The molecule has 124 valence electrons. The fraction of sp³-hybridized carbons (Fsp3) is 0. The molecule has 0 bridgehead atoms. The third-order valence-electron chi connectivity index (χ3n) is 3.63. The van der Waals surface area contributed by atoms with E-state index in [1.165, 1.54) is 18.2 Å². The minimum Gasteiger partial charge on any atom is -0.498 e. The summed E-state index contributed by atoms with van der Waals surface area (Å²) in [7, 11) is 0. The zero-order chi connectivity index (χ0) is 17.6. The number of carbonyl (C=O) groups is 1. The van der Waals surface area contributed by atoms with Crippen LogP contribution in [0.15, 0.2) is 47.5 Å². The summed E-state index contributed by atoms with van der Waals surface area (Å²) in [5.74, 6) is -1.06. The Morgan fingerprint density at radius 1 is 1.20 bits per heavy atom. The molecule has 1 aliphatic rings. The number of carbonyl (C=O) groups excluding carboxylic acids is 1. The fourth-order valence-electron chi connectivity index (χ4n) is 2.52. The van der Waals surface area contributed by atoms with Crippen LogP contribution in [0, 0.1) is 5.82 Å². The summed E-state index contributed by atoms with van der Waals surface area (Å²) < 4.78 is 13.5. The highest BCUT2D eigenvalue weighted by Crippen LogP contribution is 2.36. The number of aromatic nitrogens is 1. The third-order valence-corrected chi connectivity index (χ3v) is 4.73. The van der Waals surface area contributed by atoms with E-state index in [1.54, 1.807) is 24.3 Å². The Labute approximate surface area is 149 Å². The van der Waals surface area contributed by atoms with Gasteiger partial charge in [-0.25, -0.2) is 14.4 Å². The number of thiazole rings is 1. The van der Waals surface area contributed by atoms with Crippen molar-refractivity contribution in [2.75, 3.05) is 5.32 Å². The molecule has 1 amide bonds. The zero-order valence-corrected chi connectivity index (χ0v) is 14.0. The lowest BCUT2D eigenvalue weighted by atomic mass is 10.1. The van der Waals surface area contributed by atoms with Crippen molar-refractivity contribution in [3.05, 3.63) is 69.6 Å². The molecule has 0 fully saturated rings. The van der Waals surface area contributed by atoms with Crippen LogP contribution in [0.2, 0.25) is 5.02 Å². The van der Waals surface area contributed by atoms with Crippen molar-refractivity contribution in [3.63, 3.8) is 0 Å². The van der Waals surface area contributed by atoms with Crippen LogP contribution in [0.5, 0.6) is 5.06 Å². The summed E-state index contributed by atoms with van der Waals surface area (Å²) in [5, 5.41) is 14.6. The molecule has 0 aliphatic carbocycles. The topological polar surface area (TPSA) is 74.6 Å². The first kappa shape index (κ1) is 15.7. The van der Waals surface area contributed by atoms with E-state index < -0.39 is 11.7 Å². The number of amides is 1. The SMILES string of the molecule is O=C1N=c2ccc(F)cc2=C1c1nc(Nc2ccccc2Cl)sc1O. The van der Waals surface area contributed by atoms with E-state index in [-0.39, 0.29) is 16.3 Å². The van der Waals surface area contributed by atoms with Gasteiger partial charge in [-0.2, -0.15) is 0 Å². The van der Waals surface area contributed by atoms with Crippen LogP contribution in [0.1, 0.15) is 5.69 Å². The average Bonchev–Trinajstić information content (AvgIpc) is 3.08. The first-order valence-corrected chi connectivity index (χ1v) is 8.37. The number of nitrogens with zero attached hydrogens (tertiary/aromatic N) is 2. The highest BCUT2D eigenvalue weighted by molar-refractivity contribution is 7.17. The molecule has 0 saturated heterocycles. The number of anilines is 2. The lowest BCUT2D eigenvalue weighted by Crippen LogP contribution is -2.23. The summed E-state index contributed by atoms with van der Waals surface area (Å²) in [6.45, 7) is 0. The van der Waals surface area contributed by atoms with Crippen LogP contribution in [0.3, 0.4) is 0 Å². The van der Waals surface area contributed by atoms with Gasteiger partial charge in [0.15, 0.2) is 5.13 Å². The van der Waals surface area contributed by atoms with Crippen molar-refractivity contribution in [3.8, 4) is 5.06 Å². The van der Waals surface area contributed by atoms with Gasteiger partial charge in [-0.1, -0.05) is 35.1 Å². The summed E-state index contributed by atoms with van der Waals surface area (Å²) in [6.07, 6.45) is 0. The van der Waals surface area contributed by atoms with Gasteiger partial charge in [-0.3, -0.25) is 4.79 Å². The van der Waals surface area contributed by atoms with Gasteiger partial charge in [0, 0.05) is 5.22 Å². The summed E-state index contributed by atoms with van der Waals surface area (Å²) in [4.78, 5) is 20.3. The maximum atomic E-state index is 13.5. The minimum absolute atomic E-state index is 0.0673. The number of nitrogens with one attached hydrogen (secondary N) is 1. The molecule has 2 aromatic carbocycles. The average molecular weight is 374 g/mol. The number of benzene rings is 2. The van der Waals surface area contributed by atoms with Crippen molar-refractivity contribution < 1.29 is 14.3 Å². The lowest BCUT2D eigenvalue weighted by Gasteiger charge is -2.03. The number of halogens is 2. The fourth-order valence-corrected chi connectivity index (χ4v) is 3.43. The maximum absolute atomic E-state index is 13.5. The van der Waals surface area contributed by atoms with Gasteiger partial charge < -0.3 is 10.4 Å². The van der Waals surface area contributed by atoms with Crippen molar-refractivity contribution >= 4 is 45.2 Å². The quantitative estimate of drug-likeness (QED) is 0.740. The number of hydrogen-bond acceptors (Lipinski definition) is 5. The molecule has 25 heavy (non-hydrogen) atoms. The molecule has 0 saturated carbocycles. The molecule has 0 spiro atoms. The van der Waals surface area contributed by atoms with Crippen LogP contribution in [0.4, 0.5) is 15.2 Å². The molecule has 4 rings (SSSR count). The normalized spacial score (nSPS) is 12.9. The van der Waals surface area contributed by atoms with Gasteiger partial charge in [0.1, 0.15) is 11.5 Å². The van der Waals surface area contributed by atoms with Gasteiger partial charge >= 0.3 is 0 Å². The lowest BCUT2D eigenvalue weighted by molar-refractivity contribution is -0.112. The predicted molar refractivity (Wildman–Crippen MR) is 93.2 cm³/mol. The largest absolute Gasteiger partial charge is 0.498 e. The molecule has 0 unspecified atom stereocenters. The Bertz CT molecular complexity index is 1140. The monoisotopic (exact) mass is 373 g/mol. The van der Waals surface area contributed by atoms with Gasteiger partial charge in [0.25, 0.3) is 5.91 Å². The maximum Gasteiger partial charge on any atom is 0.280 e. The van der Waals surface area contributed by atoms with Crippen molar-refractivity contribution in [2.45, 2.75) is 0 Å². The van der Waals surface area contributed by atoms with E-state index in [9.17, 15) is 14.3 Å². The highest BCUT2D eigenvalue weighted by Gasteiger charge is 2.25. The van der Waals surface area contributed by atoms with Crippen LogP contribution in [-0.2, 0) is 4.79 Å². The molecular weight excluding hydrogens is 365 g/mol. The summed E-state index contributed by atoms with van der Waals surface area (Å²) in [5.41, 5.74) is 0.761. The van der Waals surface area contributed by atoms with E-state index in [2.05, 4.69) is 15.3 Å². The summed E-state index contributed by atoms with van der Waals surface area (Å²) >= 11 is 7.04. The first-order valence-electron chi connectivity index (χ1n) is 7.17. The minimum atomic E-state index is -0.564. The van der Waals surface area contributed by atoms with Crippen LogP contribution in [0.25, 0.3) is 5.57 Å². The van der Waals surface area contributed by atoms with Crippen LogP contribution in [-0.4, -0.2) is 16.0 Å².